The van der Waals surface area contributed by atoms with E-state index in [-0.39, 0.29) is 5.82 Å². The van der Waals surface area contributed by atoms with Gasteiger partial charge in [0.2, 0.25) is 0 Å². The second kappa shape index (κ2) is 4.74. The van der Waals surface area contributed by atoms with Gasteiger partial charge in [0.25, 0.3) is 5.91 Å². The third kappa shape index (κ3) is 2.18. The zero-order chi connectivity index (χ0) is 15.1. The Labute approximate surface area is 121 Å². The van der Waals surface area contributed by atoms with E-state index in [1.807, 2.05) is 31.2 Å². The Balaban J connectivity index is 2.34. The number of H-pyrrole nitrogens is 1. The maximum absolute atomic E-state index is 13.9. The Morgan fingerprint density at radius 3 is 2.43 bits per heavy atom. The fraction of sp³-hybridized carbons (Fsp3) is 0.118. The maximum atomic E-state index is 13.9. The summed E-state index contributed by atoms with van der Waals surface area (Å²) in [4.78, 5) is 14.5. The number of primary amides is 1. The van der Waals surface area contributed by atoms with E-state index in [1.165, 1.54) is 12.1 Å². The zero-order valence-electron chi connectivity index (χ0n) is 11.8. The molecule has 2 aromatic carbocycles. The molecule has 3 N–H and O–H groups in total. The summed E-state index contributed by atoms with van der Waals surface area (Å²) in [6.07, 6.45) is 0. The van der Waals surface area contributed by atoms with Crippen molar-refractivity contribution in [3.63, 3.8) is 0 Å². The number of nitrogens with one attached hydrogen (secondary N) is 1. The van der Waals surface area contributed by atoms with Crippen LogP contribution in [0.1, 0.15) is 21.6 Å². The molecule has 0 saturated heterocycles. The Morgan fingerprint density at radius 2 is 1.81 bits per heavy atom. The summed E-state index contributed by atoms with van der Waals surface area (Å²) >= 11 is 0. The molecule has 3 rings (SSSR count). The average Bonchev–Trinajstić information content (AvgIpc) is 2.77. The van der Waals surface area contributed by atoms with Crippen LogP contribution in [0.25, 0.3) is 22.0 Å². The van der Waals surface area contributed by atoms with Crippen molar-refractivity contribution < 1.29 is 9.18 Å². The van der Waals surface area contributed by atoms with Crippen LogP contribution in [0.3, 0.4) is 0 Å². The summed E-state index contributed by atoms with van der Waals surface area (Å²) in [7, 11) is 0. The fourth-order valence-corrected chi connectivity index (χ4v) is 2.60. The molecule has 4 heteroatoms. The minimum atomic E-state index is -0.543. The number of benzene rings is 2. The predicted octanol–water partition coefficient (Wildman–Crippen LogP) is 3.69. The Hall–Kier alpha value is -2.62. The van der Waals surface area contributed by atoms with Gasteiger partial charge in [-0.25, -0.2) is 4.39 Å². The van der Waals surface area contributed by atoms with E-state index in [9.17, 15) is 9.18 Å². The molecule has 1 aromatic heterocycles. The molecule has 0 saturated carbocycles. The highest BCUT2D eigenvalue weighted by atomic mass is 19.1. The average molecular weight is 282 g/mol. The van der Waals surface area contributed by atoms with Crippen molar-refractivity contribution >= 4 is 16.8 Å². The van der Waals surface area contributed by atoms with Gasteiger partial charge in [0.1, 0.15) is 11.5 Å². The fourth-order valence-electron chi connectivity index (χ4n) is 2.60. The highest BCUT2D eigenvalue weighted by molar-refractivity contribution is 6.04. The lowest BCUT2D eigenvalue weighted by Crippen LogP contribution is -2.12. The van der Waals surface area contributed by atoms with Crippen LogP contribution in [0.5, 0.6) is 0 Å². The molecule has 1 amide bonds. The number of aryl methyl sites for hydroxylation is 2. The van der Waals surface area contributed by atoms with Crippen LogP contribution >= 0.6 is 0 Å². The first-order valence-corrected chi connectivity index (χ1v) is 6.66. The van der Waals surface area contributed by atoms with Gasteiger partial charge in [-0.15, -0.1) is 0 Å². The van der Waals surface area contributed by atoms with Crippen molar-refractivity contribution in [3.8, 4) is 11.1 Å². The van der Waals surface area contributed by atoms with Crippen molar-refractivity contribution in [3.05, 3.63) is 59.0 Å². The van der Waals surface area contributed by atoms with E-state index in [1.54, 1.807) is 6.92 Å². The van der Waals surface area contributed by atoms with Crippen LogP contribution in [0.4, 0.5) is 4.39 Å². The smallest absolute Gasteiger partial charge is 0.265 e. The largest absolute Gasteiger partial charge is 0.364 e. The van der Waals surface area contributed by atoms with Crippen molar-refractivity contribution in [2.24, 2.45) is 5.73 Å². The molecule has 0 bridgehead atoms. The lowest BCUT2D eigenvalue weighted by atomic mass is 10.0. The van der Waals surface area contributed by atoms with Crippen molar-refractivity contribution in [1.29, 1.82) is 0 Å². The first-order valence-electron chi connectivity index (χ1n) is 6.66. The summed E-state index contributed by atoms with van der Waals surface area (Å²) in [5.41, 5.74) is 9.83. The zero-order valence-corrected chi connectivity index (χ0v) is 11.8. The number of amides is 1. The Bertz CT molecular complexity index is 847. The molecule has 0 aliphatic heterocycles. The third-order valence-corrected chi connectivity index (χ3v) is 3.74. The quantitative estimate of drug-likeness (QED) is 0.740. The number of aromatic amines is 1. The molecule has 0 aliphatic rings. The van der Waals surface area contributed by atoms with Gasteiger partial charge in [-0.05, 0) is 37.1 Å². The lowest BCUT2D eigenvalue weighted by molar-refractivity contribution is 0.0996. The van der Waals surface area contributed by atoms with E-state index < -0.39 is 5.91 Å². The number of carbonyl (C=O) groups is 1. The van der Waals surface area contributed by atoms with E-state index in [4.69, 9.17) is 5.73 Å². The van der Waals surface area contributed by atoms with Gasteiger partial charge in [0, 0.05) is 10.9 Å². The van der Waals surface area contributed by atoms with Gasteiger partial charge in [0.05, 0.1) is 5.52 Å². The number of nitrogens with two attached hydrogens (primary N) is 1. The number of halogens is 1. The molecule has 1 heterocycles. The van der Waals surface area contributed by atoms with Crippen LogP contribution in [0.15, 0.2) is 36.4 Å². The second-order valence-corrected chi connectivity index (χ2v) is 5.23. The molecule has 0 radical (unpaired) electrons. The van der Waals surface area contributed by atoms with Gasteiger partial charge in [-0.2, -0.15) is 0 Å². The van der Waals surface area contributed by atoms with Crippen LogP contribution in [0, 0.1) is 19.7 Å². The summed E-state index contributed by atoms with van der Waals surface area (Å²) < 4.78 is 13.9. The number of carbonyl (C=O) groups excluding carboxylic acids is 1. The molecule has 21 heavy (non-hydrogen) atoms. The summed E-state index contributed by atoms with van der Waals surface area (Å²) in [5, 5.41) is 0.680. The maximum Gasteiger partial charge on any atom is 0.265 e. The highest BCUT2D eigenvalue weighted by Gasteiger charge is 2.16. The Morgan fingerprint density at radius 1 is 1.14 bits per heavy atom. The van der Waals surface area contributed by atoms with Crippen molar-refractivity contribution in [2.45, 2.75) is 13.8 Å². The minimum Gasteiger partial charge on any atom is -0.364 e. The second-order valence-electron chi connectivity index (χ2n) is 5.23. The number of rotatable bonds is 2. The number of hydrogen-bond donors (Lipinski definition) is 2. The molecule has 0 spiro atoms. The molecule has 3 aromatic rings. The Kier molecular flexibility index (Phi) is 3.01. The molecular weight excluding hydrogens is 267 g/mol. The summed E-state index contributed by atoms with van der Waals surface area (Å²) in [6, 6.07) is 10.7. The molecule has 106 valence electrons. The normalized spacial score (nSPS) is 11.0. The van der Waals surface area contributed by atoms with E-state index >= 15 is 0 Å². The predicted molar refractivity (Wildman–Crippen MR) is 81.7 cm³/mol. The molecule has 0 fully saturated rings. The van der Waals surface area contributed by atoms with Crippen LogP contribution in [-0.4, -0.2) is 10.9 Å². The lowest BCUT2D eigenvalue weighted by Gasteiger charge is -2.05. The first-order chi connectivity index (χ1) is 9.97. The van der Waals surface area contributed by atoms with Gasteiger partial charge in [-0.3, -0.25) is 4.79 Å². The molecule has 0 atom stereocenters. The molecule has 0 unspecified atom stereocenters. The number of hydrogen-bond acceptors (Lipinski definition) is 1. The van der Waals surface area contributed by atoms with E-state index in [2.05, 4.69) is 4.98 Å². The van der Waals surface area contributed by atoms with Gasteiger partial charge < -0.3 is 10.7 Å². The van der Waals surface area contributed by atoms with Crippen LogP contribution in [0.2, 0.25) is 0 Å². The van der Waals surface area contributed by atoms with Crippen LogP contribution < -0.4 is 5.73 Å². The van der Waals surface area contributed by atoms with E-state index in [0.29, 0.717) is 16.6 Å². The molecular formula is C17H15FN2O. The van der Waals surface area contributed by atoms with Crippen molar-refractivity contribution in [2.75, 3.05) is 0 Å². The van der Waals surface area contributed by atoms with E-state index in [0.717, 1.165) is 22.2 Å². The van der Waals surface area contributed by atoms with Gasteiger partial charge in [-0.1, -0.05) is 29.8 Å². The van der Waals surface area contributed by atoms with Gasteiger partial charge in [0.15, 0.2) is 0 Å². The summed E-state index contributed by atoms with van der Waals surface area (Å²) in [5.74, 6) is -0.879. The highest BCUT2D eigenvalue weighted by Crippen LogP contribution is 2.32. The van der Waals surface area contributed by atoms with Crippen LogP contribution in [-0.2, 0) is 0 Å². The topological polar surface area (TPSA) is 58.9 Å². The number of aromatic nitrogens is 1. The summed E-state index contributed by atoms with van der Waals surface area (Å²) in [6.45, 7) is 3.76. The molecule has 0 aliphatic carbocycles. The van der Waals surface area contributed by atoms with Crippen molar-refractivity contribution in [1.82, 2.24) is 4.98 Å². The minimum absolute atomic E-state index is 0.323. The molecule has 3 nitrogen and oxygen atoms in total. The SMILES string of the molecule is Cc1ccc(-c2cc(F)cc3c(C)c(C(N)=O)[nH]c23)cc1. The third-order valence-electron chi connectivity index (χ3n) is 3.74. The monoisotopic (exact) mass is 282 g/mol. The standard InChI is InChI=1S/C17H15FN2O/c1-9-3-5-11(6-4-9)14-8-12(18)7-13-10(2)15(17(19)21)20-16(13)14/h3-8,20H,1-2H3,(H2,19,21). The van der Waals surface area contributed by atoms with Gasteiger partial charge >= 0.3 is 0 Å². The number of fused-ring (bicyclic) bond motifs is 1. The first kappa shape index (κ1) is 13.4.